The number of ketones is 2. The van der Waals surface area contributed by atoms with Crippen LogP contribution in [0.1, 0.15) is 162 Å². The first-order chi connectivity index (χ1) is 33.7. The second kappa shape index (κ2) is 23.1. The van der Waals surface area contributed by atoms with Gasteiger partial charge in [-0.1, -0.05) is 142 Å². The standard InChI is InChI=1S/C32H39NO4.C30H43BO4/c1-8-32(9-2,27-14-15-28(22(3)16-27)37-21-29(34)31(4,5)6)26-12-10-24(11-13-26)25-17-23(19-33-20-25)18-30(35)36-7;1-11-30(12-2,23-15-18-25(21(3)19-23)33-20-26(32)27(4,5)6)22-13-16-24(17-14-22)31-34-28(7,8)29(9,10)35-31/h10-17,19-20H,8-9,18,21H2,1-7H3;13-19H,11-12,20H2,1-10H3. The van der Waals surface area contributed by atoms with Crippen LogP contribution in [0.15, 0.2) is 103 Å². The van der Waals surface area contributed by atoms with E-state index in [2.05, 4.69) is 140 Å². The van der Waals surface area contributed by atoms with E-state index in [-0.39, 0.29) is 66.3 Å². The summed E-state index contributed by atoms with van der Waals surface area (Å²) in [7, 11) is 1.03. The molecule has 0 amide bonds. The Balaban J connectivity index is 0.000000268. The summed E-state index contributed by atoms with van der Waals surface area (Å²) in [6, 6.07) is 32.0. The van der Waals surface area contributed by atoms with Gasteiger partial charge in [-0.05, 0) is 135 Å². The third-order valence-electron chi connectivity index (χ3n) is 15.4. The largest absolute Gasteiger partial charge is 0.494 e. The van der Waals surface area contributed by atoms with E-state index < -0.39 is 10.8 Å². The minimum atomic E-state index is -0.418. The van der Waals surface area contributed by atoms with Crippen molar-refractivity contribution in [2.75, 3.05) is 20.3 Å². The number of methoxy groups -OCH3 is 1. The molecular formula is C62H82BNO8. The van der Waals surface area contributed by atoms with Crippen LogP contribution in [0.4, 0.5) is 0 Å². The Labute approximate surface area is 432 Å². The van der Waals surface area contributed by atoms with Gasteiger partial charge in [-0.2, -0.15) is 0 Å². The highest BCUT2D eigenvalue weighted by Crippen LogP contribution is 2.43. The van der Waals surface area contributed by atoms with Crippen molar-refractivity contribution in [2.45, 2.75) is 165 Å². The normalized spacial score (nSPS) is 14.5. The van der Waals surface area contributed by atoms with Crippen molar-refractivity contribution in [3.8, 4) is 22.6 Å². The quantitative estimate of drug-likeness (QED) is 0.0626. The minimum absolute atomic E-state index is 0.0769. The van der Waals surface area contributed by atoms with Crippen LogP contribution in [0.2, 0.25) is 0 Å². The van der Waals surface area contributed by atoms with Crippen LogP contribution in [-0.4, -0.2) is 61.2 Å². The first kappa shape index (κ1) is 57.3. The minimum Gasteiger partial charge on any atom is -0.486 e. The number of aromatic nitrogens is 1. The number of ether oxygens (including phenoxy) is 3. The first-order valence-electron chi connectivity index (χ1n) is 25.8. The molecule has 0 aliphatic carbocycles. The highest BCUT2D eigenvalue weighted by molar-refractivity contribution is 6.62. The van der Waals surface area contributed by atoms with Gasteiger partial charge in [-0.3, -0.25) is 19.4 Å². The molecule has 1 aliphatic rings. The summed E-state index contributed by atoms with van der Waals surface area (Å²) < 4.78 is 29.0. The SMILES string of the molecule is CCC(CC)(c1ccc(-c2cncc(CC(=O)OC)c2)cc1)c1ccc(OCC(=O)C(C)(C)C)c(C)c1.CCC(CC)(c1ccc(B2OC(C)(C)C(C)(C)O2)cc1)c1ccc(OCC(=O)C(C)(C)C)c(C)c1. The molecule has 4 aromatic carbocycles. The first-order valence-corrected chi connectivity index (χ1v) is 25.8. The molecule has 0 unspecified atom stereocenters. The molecule has 1 saturated heterocycles. The van der Waals surface area contributed by atoms with E-state index in [1.54, 1.807) is 6.20 Å². The second-order valence-corrected chi connectivity index (χ2v) is 22.6. The third-order valence-corrected chi connectivity index (χ3v) is 15.4. The van der Waals surface area contributed by atoms with Crippen LogP contribution in [-0.2, 0) is 45.7 Å². The number of hydrogen-bond acceptors (Lipinski definition) is 9. The van der Waals surface area contributed by atoms with E-state index in [9.17, 15) is 14.4 Å². The van der Waals surface area contributed by atoms with E-state index >= 15 is 0 Å². The van der Waals surface area contributed by atoms with E-state index in [0.717, 1.165) is 70.5 Å². The summed E-state index contributed by atoms with van der Waals surface area (Å²) in [5.41, 5.74) is 9.18. The van der Waals surface area contributed by atoms with Crippen LogP contribution in [0, 0.1) is 24.7 Å². The Bertz CT molecular complexity index is 2630. The lowest BCUT2D eigenvalue weighted by Gasteiger charge is -2.34. The molecule has 10 heteroatoms. The molecule has 0 bridgehead atoms. The molecule has 5 aromatic rings. The summed E-state index contributed by atoms with van der Waals surface area (Å²) in [6.07, 6.45) is 7.55. The zero-order valence-corrected chi connectivity index (χ0v) is 46.6. The van der Waals surface area contributed by atoms with Gasteiger partial charge in [0.1, 0.15) is 24.7 Å². The van der Waals surface area contributed by atoms with Gasteiger partial charge < -0.3 is 23.5 Å². The van der Waals surface area contributed by atoms with Gasteiger partial charge in [-0.25, -0.2) is 0 Å². The van der Waals surface area contributed by atoms with Crippen LogP contribution in [0.3, 0.4) is 0 Å². The van der Waals surface area contributed by atoms with Gasteiger partial charge in [-0.15, -0.1) is 0 Å². The number of esters is 1. The summed E-state index contributed by atoms with van der Waals surface area (Å²) in [6.45, 7) is 33.0. The zero-order chi connectivity index (χ0) is 53.5. The molecule has 0 radical (unpaired) electrons. The molecule has 0 saturated carbocycles. The van der Waals surface area contributed by atoms with Crippen molar-refractivity contribution < 1.29 is 37.9 Å². The van der Waals surface area contributed by atoms with Gasteiger partial charge in [0.15, 0.2) is 11.6 Å². The van der Waals surface area contributed by atoms with Crippen LogP contribution >= 0.6 is 0 Å². The molecule has 6 rings (SSSR count). The fraction of sp³-hybridized carbons (Fsp3) is 0.484. The lowest BCUT2D eigenvalue weighted by molar-refractivity contribution is -0.139. The Hall–Kier alpha value is -5.58. The van der Waals surface area contributed by atoms with Gasteiger partial charge >= 0.3 is 13.1 Å². The molecular weight excluding hydrogens is 897 g/mol. The van der Waals surface area contributed by atoms with Crippen molar-refractivity contribution in [3.63, 3.8) is 0 Å². The number of pyridine rings is 1. The third kappa shape index (κ3) is 13.0. The monoisotopic (exact) mass is 980 g/mol. The average Bonchev–Trinajstić information content (AvgIpc) is 3.57. The smallest absolute Gasteiger partial charge is 0.486 e. The summed E-state index contributed by atoms with van der Waals surface area (Å²) in [5, 5.41) is 0. The molecule has 386 valence electrons. The van der Waals surface area contributed by atoms with E-state index in [4.69, 9.17) is 23.5 Å². The predicted octanol–water partition coefficient (Wildman–Crippen LogP) is 13.3. The molecule has 0 N–H and O–H groups in total. The Morgan fingerprint density at radius 1 is 0.556 bits per heavy atom. The van der Waals surface area contributed by atoms with Crippen molar-refractivity contribution in [3.05, 3.63) is 142 Å². The lowest BCUT2D eigenvalue weighted by Crippen LogP contribution is -2.41. The maximum absolute atomic E-state index is 12.3. The highest BCUT2D eigenvalue weighted by atomic mass is 16.7. The molecule has 1 aliphatic heterocycles. The number of nitrogens with zero attached hydrogens (tertiary/aromatic N) is 1. The molecule has 0 atom stereocenters. The van der Waals surface area contributed by atoms with Crippen molar-refractivity contribution >= 4 is 30.1 Å². The Morgan fingerprint density at radius 3 is 1.33 bits per heavy atom. The molecule has 9 nitrogen and oxygen atoms in total. The predicted molar refractivity (Wildman–Crippen MR) is 293 cm³/mol. The fourth-order valence-electron chi connectivity index (χ4n) is 9.31. The number of rotatable bonds is 18. The Kier molecular flexibility index (Phi) is 18.4. The van der Waals surface area contributed by atoms with Crippen LogP contribution < -0.4 is 14.9 Å². The van der Waals surface area contributed by atoms with Gasteiger partial charge in [0.05, 0.1) is 24.7 Å². The van der Waals surface area contributed by atoms with E-state index in [0.29, 0.717) is 0 Å². The Morgan fingerprint density at radius 2 is 0.958 bits per heavy atom. The van der Waals surface area contributed by atoms with Crippen molar-refractivity contribution in [1.82, 2.24) is 4.98 Å². The number of aryl methyl sites for hydroxylation is 2. The maximum atomic E-state index is 12.3. The number of Topliss-reactive ketones (excluding diaryl/α,β-unsaturated/α-hetero) is 2. The molecule has 72 heavy (non-hydrogen) atoms. The zero-order valence-electron chi connectivity index (χ0n) is 46.6. The summed E-state index contributed by atoms with van der Waals surface area (Å²) in [4.78, 5) is 40.6. The van der Waals surface area contributed by atoms with E-state index in [1.807, 2.05) is 72.9 Å². The second-order valence-electron chi connectivity index (χ2n) is 22.6. The molecule has 2 heterocycles. The van der Waals surface area contributed by atoms with Crippen LogP contribution in [0.5, 0.6) is 11.5 Å². The van der Waals surface area contributed by atoms with Crippen LogP contribution in [0.25, 0.3) is 11.1 Å². The number of carbonyl (C=O) groups excluding carboxylic acids is 3. The molecule has 0 spiro atoms. The number of carbonyl (C=O) groups is 3. The average molecular weight is 980 g/mol. The fourth-order valence-corrected chi connectivity index (χ4v) is 9.31. The molecule has 1 aromatic heterocycles. The highest BCUT2D eigenvalue weighted by Gasteiger charge is 2.51. The number of hydrogen-bond donors (Lipinski definition) is 0. The topological polar surface area (TPSA) is 110 Å². The van der Waals surface area contributed by atoms with Gasteiger partial charge in [0.2, 0.25) is 0 Å². The summed E-state index contributed by atoms with van der Waals surface area (Å²) >= 11 is 0. The van der Waals surface area contributed by atoms with Gasteiger partial charge in [0, 0.05) is 39.6 Å². The summed E-state index contributed by atoms with van der Waals surface area (Å²) in [5.74, 6) is 1.41. The van der Waals surface area contributed by atoms with Gasteiger partial charge in [0.25, 0.3) is 0 Å². The van der Waals surface area contributed by atoms with Crippen molar-refractivity contribution in [2.24, 2.45) is 10.8 Å². The maximum Gasteiger partial charge on any atom is 0.494 e. The lowest BCUT2D eigenvalue weighted by atomic mass is 9.69. The van der Waals surface area contributed by atoms with E-state index in [1.165, 1.54) is 29.4 Å². The van der Waals surface area contributed by atoms with Crippen molar-refractivity contribution in [1.29, 1.82) is 0 Å². The number of benzene rings is 4. The molecule has 1 fully saturated rings.